The summed E-state index contributed by atoms with van der Waals surface area (Å²) in [4.78, 5) is 9.89. The van der Waals surface area contributed by atoms with Crippen LogP contribution >= 0.6 is 0 Å². The predicted molar refractivity (Wildman–Crippen MR) is 92.6 cm³/mol. The molecule has 134 valence electrons. The molecule has 2 aromatic carbocycles. The molecular formula is C17H19NO6S. The van der Waals surface area contributed by atoms with E-state index in [1.54, 1.807) is 24.3 Å². The van der Waals surface area contributed by atoms with Crippen molar-refractivity contribution in [3.63, 3.8) is 0 Å². The highest BCUT2D eigenvalue weighted by molar-refractivity contribution is 7.87. The highest BCUT2D eigenvalue weighted by atomic mass is 32.2. The highest BCUT2D eigenvalue weighted by Gasteiger charge is 2.24. The summed E-state index contributed by atoms with van der Waals surface area (Å²) in [5.41, 5.74) is 0.689. The van der Waals surface area contributed by atoms with Crippen LogP contribution in [0, 0.1) is 10.1 Å². The van der Waals surface area contributed by atoms with Gasteiger partial charge < -0.3 is 8.92 Å². The van der Waals surface area contributed by atoms with Crippen LogP contribution in [0.3, 0.4) is 0 Å². The summed E-state index contributed by atoms with van der Waals surface area (Å²) in [5.74, 6) is -0.00563. The zero-order chi connectivity index (χ0) is 18.8. The maximum Gasteiger partial charge on any atom is 0.342 e. The molecular weight excluding hydrogens is 346 g/mol. The Morgan fingerprint density at radius 1 is 1.04 bits per heavy atom. The standard InChI is InChI=1S/C17H19NO6S/c1-17(2,3)12-5-8-14(9-6-12)24-25(21,22)16-10-7-13(18(19)20)11-15(16)23-4/h5-11H,1-4H3. The Kier molecular flexibility index (Phi) is 5.03. The summed E-state index contributed by atoms with van der Waals surface area (Å²) >= 11 is 0. The van der Waals surface area contributed by atoms with E-state index in [-0.39, 0.29) is 27.5 Å². The van der Waals surface area contributed by atoms with Gasteiger partial charge in [-0.2, -0.15) is 8.42 Å². The number of rotatable bonds is 5. The van der Waals surface area contributed by atoms with Crippen LogP contribution in [0.2, 0.25) is 0 Å². The molecule has 0 aliphatic carbocycles. The second kappa shape index (κ2) is 6.72. The molecule has 0 N–H and O–H groups in total. The first-order valence-electron chi connectivity index (χ1n) is 7.42. The first-order chi connectivity index (χ1) is 11.5. The fourth-order valence-corrected chi connectivity index (χ4v) is 3.24. The minimum atomic E-state index is -4.19. The summed E-state index contributed by atoms with van der Waals surface area (Å²) in [6, 6.07) is 9.93. The Bertz CT molecular complexity index is 882. The molecule has 0 radical (unpaired) electrons. The number of benzene rings is 2. The van der Waals surface area contributed by atoms with Crippen LogP contribution in [0.4, 0.5) is 5.69 Å². The minimum absolute atomic E-state index is 0.0704. The molecule has 0 aliphatic heterocycles. The van der Waals surface area contributed by atoms with Crippen LogP contribution in [0.1, 0.15) is 26.3 Å². The van der Waals surface area contributed by atoms with E-state index in [2.05, 4.69) is 0 Å². The van der Waals surface area contributed by atoms with E-state index in [1.807, 2.05) is 20.8 Å². The van der Waals surface area contributed by atoms with Gasteiger partial charge in [0.2, 0.25) is 0 Å². The van der Waals surface area contributed by atoms with Gasteiger partial charge in [-0.15, -0.1) is 0 Å². The second-order valence-electron chi connectivity index (χ2n) is 6.40. The summed E-state index contributed by atoms with van der Waals surface area (Å²) in [6.45, 7) is 6.13. The van der Waals surface area contributed by atoms with Crippen LogP contribution in [0.25, 0.3) is 0 Å². The molecule has 0 saturated heterocycles. The number of non-ortho nitro benzene ring substituents is 1. The third-order valence-electron chi connectivity index (χ3n) is 3.55. The van der Waals surface area contributed by atoms with Gasteiger partial charge in [-0.3, -0.25) is 10.1 Å². The van der Waals surface area contributed by atoms with E-state index in [4.69, 9.17) is 8.92 Å². The fourth-order valence-electron chi connectivity index (χ4n) is 2.16. The van der Waals surface area contributed by atoms with Gasteiger partial charge in [0.25, 0.3) is 5.69 Å². The largest absolute Gasteiger partial charge is 0.495 e. The highest BCUT2D eigenvalue weighted by Crippen LogP contribution is 2.31. The van der Waals surface area contributed by atoms with Crippen molar-refractivity contribution in [2.45, 2.75) is 31.1 Å². The zero-order valence-corrected chi connectivity index (χ0v) is 15.2. The van der Waals surface area contributed by atoms with Gasteiger partial charge in [-0.1, -0.05) is 32.9 Å². The molecule has 0 heterocycles. The molecule has 0 amide bonds. The van der Waals surface area contributed by atoms with Gasteiger partial charge in [0.1, 0.15) is 16.4 Å². The first-order valence-corrected chi connectivity index (χ1v) is 8.83. The molecule has 0 aliphatic rings. The SMILES string of the molecule is COc1cc([N+](=O)[O-])ccc1S(=O)(=O)Oc1ccc(C(C)(C)C)cc1. The van der Waals surface area contributed by atoms with Gasteiger partial charge >= 0.3 is 10.1 Å². The average Bonchev–Trinajstić information content (AvgIpc) is 2.53. The summed E-state index contributed by atoms with van der Waals surface area (Å²) in [5, 5.41) is 10.8. The molecule has 0 spiro atoms. The number of nitrogens with zero attached hydrogens (tertiary/aromatic N) is 1. The average molecular weight is 365 g/mol. The van der Waals surface area contributed by atoms with Gasteiger partial charge in [0.05, 0.1) is 18.1 Å². The topological polar surface area (TPSA) is 95.7 Å². The number of hydrogen-bond acceptors (Lipinski definition) is 6. The number of nitro groups is 1. The Morgan fingerprint density at radius 2 is 1.64 bits per heavy atom. The van der Waals surface area contributed by atoms with E-state index < -0.39 is 15.0 Å². The van der Waals surface area contributed by atoms with Crippen molar-refractivity contribution < 1.29 is 22.3 Å². The molecule has 0 fully saturated rings. The maximum absolute atomic E-state index is 12.5. The molecule has 0 saturated carbocycles. The lowest BCUT2D eigenvalue weighted by Gasteiger charge is -2.19. The molecule has 25 heavy (non-hydrogen) atoms. The lowest BCUT2D eigenvalue weighted by atomic mass is 9.87. The third kappa shape index (κ3) is 4.27. The lowest BCUT2D eigenvalue weighted by Crippen LogP contribution is -2.13. The Balaban J connectivity index is 2.35. The Labute approximate surface area is 146 Å². The number of methoxy groups -OCH3 is 1. The summed E-state index contributed by atoms with van der Waals surface area (Å²) < 4.78 is 35.0. The monoisotopic (exact) mass is 365 g/mol. The molecule has 0 bridgehead atoms. The van der Waals surface area contributed by atoms with Crippen molar-refractivity contribution in [2.75, 3.05) is 7.11 Å². The second-order valence-corrected chi connectivity index (χ2v) is 7.92. The van der Waals surface area contributed by atoms with Crippen molar-refractivity contribution in [2.24, 2.45) is 0 Å². The van der Waals surface area contributed by atoms with Crippen LogP contribution in [-0.2, 0) is 15.5 Å². The van der Waals surface area contributed by atoms with E-state index >= 15 is 0 Å². The molecule has 0 aromatic heterocycles. The lowest BCUT2D eigenvalue weighted by molar-refractivity contribution is -0.385. The van der Waals surface area contributed by atoms with Crippen molar-refractivity contribution in [1.29, 1.82) is 0 Å². The molecule has 0 atom stereocenters. The zero-order valence-electron chi connectivity index (χ0n) is 14.3. The first kappa shape index (κ1) is 18.7. The normalized spacial score (nSPS) is 11.8. The third-order valence-corrected chi connectivity index (χ3v) is 4.84. The Morgan fingerprint density at radius 3 is 2.12 bits per heavy atom. The van der Waals surface area contributed by atoms with Crippen molar-refractivity contribution >= 4 is 15.8 Å². The van der Waals surface area contributed by atoms with Crippen LogP contribution in [0.15, 0.2) is 47.4 Å². The van der Waals surface area contributed by atoms with E-state index in [0.717, 1.165) is 23.8 Å². The summed E-state index contributed by atoms with van der Waals surface area (Å²) in [6.07, 6.45) is 0. The van der Waals surface area contributed by atoms with Gasteiger partial charge in [0.15, 0.2) is 0 Å². The molecule has 2 aromatic rings. The minimum Gasteiger partial charge on any atom is -0.495 e. The molecule has 0 unspecified atom stereocenters. The predicted octanol–water partition coefficient (Wildman–Crippen LogP) is 3.67. The van der Waals surface area contributed by atoms with Crippen LogP contribution in [-0.4, -0.2) is 20.5 Å². The van der Waals surface area contributed by atoms with E-state index in [9.17, 15) is 18.5 Å². The van der Waals surface area contributed by atoms with Crippen molar-refractivity contribution in [3.05, 3.63) is 58.1 Å². The number of ether oxygens (including phenoxy) is 1. The van der Waals surface area contributed by atoms with Gasteiger partial charge in [-0.25, -0.2) is 0 Å². The van der Waals surface area contributed by atoms with Crippen LogP contribution in [0.5, 0.6) is 11.5 Å². The van der Waals surface area contributed by atoms with Gasteiger partial charge in [0, 0.05) is 6.07 Å². The fraction of sp³-hybridized carbons (Fsp3) is 0.294. The van der Waals surface area contributed by atoms with E-state index in [1.165, 1.54) is 7.11 Å². The smallest absolute Gasteiger partial charge is 0.342 e. The number of hydrogen-bond donors (Lipinski definition) is 0. The quantitative estimate of drug-likeness (QED) is 0.456. The molecule has 8 heteroatoms. The molecule has 7 nitrogen and oxygen atoms in total. The van der Waals surface area contributed by atoms with Crippen LogP contribution < -0.4 is 8.92 Å². The Hall–Kier alpha value is -2.61. The van der Waals surface area contributed by atoms with Gasteiger partial charge in [-0.05, 0) is 29.2 Å². The van der Waals surface area contributed by atoms with Crippen molar-refractivity contribution in [3.8, 4) is 11.5 Å². The summed E-state index contributed by atoms with van der Waals surface area (Å²) in [7, 11) is -2.96. The van der Waals surface area contributed by atoms with E-state index in [0.29, 0.717) is 0 Å². The molecule has 2 rings (SSSR count). The number of nitro benzene ring substituents is 1. The van der Waals surface area contributed by atoms with Crippen molar-refractivity contribution in [1.82, 2.24) is 0 Å². The maximum atomic E-state index is 12.5.